The molecule has 0 saturated heterocycles. The second-order valence-electron chi connectivity index (χ2n) is 5.66. The van der Waals surface area contributed by atoms with Crippen LogP contribution in [0.3, 0.4) is 0 Å². The van der Waals surface area contributed by atoms with E-state index in [-0.39, 0.29) is 0 Å². The van der Waals surface area contributed by atoms with Gasteiger partial charge in [-0.05, 0) is 51.1 Å². The normalized spacial score (nSPS) is 11.5. The maximum absolute atomic E-state index is 5.93. The van der Waals surface area contributed by atoms with Crippen LogP contribution in [0.2, 0.25) is 0 Å². The fourth-order valence-corrected chi connectivity index (χ4v) is 2.29. The average molecular weight is 280 g/mol. The average Bonchev–Trinajstić information content (AvgIpc) is 2.47. The lowest BCUT2D eigenvalue weighted by Gasteiger charge is -2.08. The summed E-state index contributed by atoms with van der Waals surface area (Å²) in [5.41, 5.74) is 2.77. The number of ether oxygens (including phenoxy) is 1. The van der Waals surface area contributed by atoms with E-state index in [1.807, 2.05) is 12.1 Å². The van der Waals surface area contributed by atoms with Gasteiger partial charge in [-0.25, -0.2) is 0 Å². The van der Waals surface area contributed by atoms with Crippen molar-refractivity contribution in [1.29, 1.82) is 0 Å². The summed E-state index contributed by atoms with van der Waals surface area (Å²) in [6, 6.07) is 14.5. The fraction of sp³-hybridized carbons (Fsp3) is 0.300. The third-order valence-electron chi connectivity index (χ3n) is 3.51. The van der Waals surface area contributed by atoms with Gasteiger partial charge in [0, 0.05) is 5.39 Å². The first-order chi connectivity index (χ1) is 10.2. The predicted octanol–water partition coefficient (Wildman–Crippen LogP) is 5.91. The van der Waals surface area contributed by atoms with Crippen molar-refractivity contribution in [3.63, 3.8) is 0 Å². The van der Waals surface area contributed by atoms with Gasteiger partial charge in [-0.3, -0.25) is 0 Å². The zero-order chi connectivity index (χ0) is 15.1. The van der Waals surface area contributed by atoms with Crippen LogP contribution in [0.4, 0.5) is 0 Å². The molecule has 0 unspecified atom stereocenters. The van der Waals surface area contributed by atoms with Crippen molar-refractivity contribution >= 4 is 10.8 Å². The lowest BCUT2D eigenvalue weighted by atomic mass is 10.1. The minimum Gasteiger partial charge on any atom is -0.489 e. The Bertz CT molecular complexity index is 640. The maximum Gasteiger partial charge on any atom is 0.127 e. The number of allylic oxidation sites excluding steroid dienone is 3. The van der Waals surface area contributed by atoms with E-state index in [0.29, 0.717) is 6.61 Å². The molecular formula is C20H24O. The third-order valence-corrected chi connectivity index (χ3v) is 3.51. The molecule has 2 aromatic rings. The largest absolute Gasteiger partial charge is 0.489 e. The van der Waals surface area contributed by atoms with Gasteiger partial charge < -0.3 is 4.74 Å². The summed E-state index contributed by atoms with van der Waals surface area (Å²) in [6.45, 7) is 7.09. The SMILES string of the molecule is CC(C)=CCC/C(C)=C/COc1cccc2ccccc12. The van der Waals surface area contributed by atoms with Gasteiger partial charge in [-0.1, -0.05) is 53.6 Å². The predicted molar refractivity (Wildman–Crippen MR) is 91.9 cm³/mol. The zero-order valence-corrected chi connectivity index (χ0v) is 13.2. The van der Waals surface area contributed by atoms with Crippen LogP contribution in [-0.4, -0.2) is 6.61 Å². The number of hydrogen-bond acceptors (Lipinski definition) is 1. The molecule has 0 heterocycles. The van der Waals surface area contributed by atoms with E-state index in [1.165, 1.54) is 21.9 Å². The van der Waals surface area contributed by atoms with Crippen molar-refractivity contribution in [2.75, 3.05) is 6.61 Å². The Morgan fingerprint density at radius 3 is 2.52 bits per heavy atom. The van der Waals surface area contributed by atoms with Gasteiger partial charge in [0.1, 0.15) is 12.4 Å². The molecule has 2 aromatic carbocycles. The Morgan fingerprint density at radius 2 is 1.71 bits per heavy atom. The zero-order valence-electron chi connectivity index (χ0n) is 13.2. The Labute approximate surface area is 127 Å². The first-order valence-corrected chi connectivity index (χ1v) is 7.56. The Kier molecular flexibility index (Phi) is 5.62. The lowest BCUT2D eigenvalue weighted by Crippen LogP contribution is -1.95. The van der Waals surface area contributed by atoms with Crippen LogP contribution in [0, 0.1) is 0 Å². The second-order valence-corrected chi connectivity index (χ2v) is 5.66. The molecule has 1 heteroatoms. The van der Waals surface area contributed by atoms with Crippen LogP contribution in [0.1, 0.15) is 33.6 Å². The summed E-state index contributed by atoms with van der Waals surface area (Å²) < 4.78 is 5.93. The molecule has 0 aromatic heterocycles. The number of rotatable bonds is 6. The Morgan fingerprint density at radius 1 is 0.952 bits per heavy atom. The van der Waals surface area contributed by atoms with E-state index in [1.54, 1.807) is 0 Å². The first kappa shape index (κ1) is 15.4. The Balaban J connectivity index is 1.94. The number of hydrogen-bond donors (Lipinski definition) is 0. The van der Waals surface area contributed by atoms with E-state index >= 15 is 0 Å². The van der Waals surface area contributed by atoms with Crippen molar-refractivity contribution in [2.24, 2.45) is 0 Å². The van der Waals surface area contributed by atoms with Gasteiger partial charge >= 0.3 is 0 Å². The van der Waals surface area contributed by atoms with Crippen molar-refractivity contribution in [1.82, 2.24) is 0 Å². The van der Waals surface area contributed by atoms with Crippen LogP contribution < -0.4 is 4.74 Å². The molecular weight excluding hydrogens is 256 g/mol. The van der Waals surface area contributed by atoms with Crippen LogP contribution in [0.5, 0.6) is 5.75 Å². The smallest absolute Gasteiger partial charge is 0.127 e. The molecule has 1 nitrogen and oxygen atoms in total. The molecule has 0 fully saturated rings. The molecule has 110 valence electrons. The summed E-state index contributed by atoms with van der Waals surface area (Å²) in [5.74, 6) is 0.960. The molecule has 0 radical (unpaired) electrons. The van der Waals surface area contributed by atoms with E-state index in [4.69, 9.17) is 4.74 Å². The molecule has 0 saturated carbocycles. The van der Waals surface area contributed by atoms with E-state index in [9.17, 15) is 0 Å². The van der Waals surface area contributed by atoms with E-state index in [0.717, 1.165) is 18.6 Å². The number of fused-ring (bicyclic) bond motifs is 1. The summed E-state index contributed by atoms with van der Waals surface area (Å²) >= 11 is 0. The fourth-order valence-electron chi connectivity index (χ4n) is 2.29. The van der Waals surface area contributed by atoms with Crippen molar-refractivity contribution in [3.8, 4) is 5.75 Å². The van der Waals surface area contributed by atoms with Gasteiger partial charge in [0.2, 0.25) is 0 Å². The third kappa shape index (κ3) is 4.78. The quantitative estimate of drug-likeness (QED) is 0.597. The van der Waals surface area contributed by atoms with E-state index < -0.39 is 0 Å². The van der Waals surface area contributed by atoms with Crippen LogP contribution >= 0.6 is 0 Å². The highest BCUT2D eigenvalue weighted by atomic mass is 16.5. The highest BCUT2D eigenvalue weighted by Gasteiger charge is 1.99. The molecule has 2 rings (SSSR count). The minimum absolute atomic E-state index is 0.634. The standard InChI is InChI=1S/C20H24O/c1-16(2)8-6-9-17(3)14-15-21-20-13-7-11-18-10-4-5-12-19(18)20/h4-5,7-8,10-14H,6,9,15H2,1-3H3/b17-14+. The summed E-state index contributed by atoms with van der Waals surface area (Å²) in [4.78, 5) is 0. The molecule has 0 aliphatic rings. The van der Waals surface area contributed by atoms with Crippen molar-refractivity contribution in [3.05, 3.63) is 65.8 Å². The van der Waals surface area contributed by atoms with Gasteiger partial charge in [0.25, 0.3) is 0 Å². The molecule has 21 heavy (non-hydrogen) atoms. The lowest BCUT2D eigenvalue weighted by molar-refractivity contribution is 0.366. The molecule has 0 amide bonds. The van der Waals surface area contributed by atoms with Gasteiger partial charge in [0.05, 0.1) is 0 Å². The number of benzene rings is 2. The summed E-state index contributed by atoms with van der Waals surface area (Å²) in [6.07, 6.45) is 6.67. The molecule has 0 aliphatic heterocycles. The minimum atomic E-state index is 0.634. The molecule has 0 aliphatic carbocycles. The molecule has 0 N–H and O–H groups in total. The monoisotopic (exact) mass is 280 g/mol. The van der Waals surface area contributed by atoms with Crippen molar-refractivity contribution < 1.29 is 4.74 Å². The highest BCUT2D eigenvalue weighted by Crippen LogP contribution is 2.25. The summed E-state index contributed by atoms with van der Waals surface area (Å²) in [7, 11) is 0. The van der Waals surface area contributed by atoms with Crippen LogP contribution in [-0.2, 0) is 0 Å². The molecule has 0 bridgehead atoms. The molecule has 0 atom stereocenters. The maximum atomic E-state index is 5.93. The van der Waals surface area contributed by atoms with Gasteiger partial charge in [-0.15, -0.1) is 0 Å². The van der Waals surface area contributed by atoms with Crippen molar-refractivity contribution in [2.45, 2.75) is 33.6 Å². The second kappa shape index (κ2) is 7.68. The summed E-state index contributed by atoms with van der Waals surface area (Å²) in [5, 5.41) is 2.40. The molecule has 0 spiro atoms. The van der Waals surface area contributed by atoms with E-state index in [2.05, 4.69) is 63.3 Å². The van der Waals surface area contributed by atoms with Crippen LogP contribution in [0.25, 0.3) is 10.8 Å². The highest BCUT2D eigenvalue weighted by molar-refractivity contribution is 5.88. The first-order valence-electron chi connectivity index (χ1n) is 7.56. The Hall–Kier alpha value is -2.02. The topological polar surface area (TPSA) is 9.23 Å². The van der Waals surface area contributed by atoms with Gasteiger partial charge in [0.15, 0.2) is 0 Å². The van der Waals surface area contributed by atoms with Crippen LogP contribution in [0.15, 0.2) is 65.8 Å². The van der Waals surface area contributed by atoms with Gasteiger partial charge in [-0.2, -0.15) is 0 Å².